The van der Waals surface area contributed by atoms with Crippen LogP contribution in [0.15, 0.2) is 4.52 Å². The van der Waals surface area contributed by atoms with E-state index in [0.717, 1.165) is 6.54 Å². The van der Waals surface area contributed by atoms with Crippen LogP contribution in [0.5, 0.6) is 0 Å². The van der Waals surface area contributed by atoms with Crippen LogP contribution in [0.1, 0.15) is 17.8 Å². The number of aliphatic carboxylic acids is 1. The van der Waals surface area contributed by atoms with Crippen molar-refractivity contribution in [3.63, 3.8) is 0 Å². The minimum absolute atomic E-state index is 0.0120. The third kappa shape index (κ3) is 3.49. The summed E-state index contributed by atoms with van der Waals surface area (Å²) in [6, 6.07) is 0. The summed E-state index contributed by atoms with van der Waals surface area (Å²) in [6.45, 7) is 1.81. The zero-order chi connectivity index (χ0) is 13.0. The molecule has 0 saturated carbocycles. The van der Waals surface area contributed by atoms with E-state index >= 15 is 0 Å². The van der Waals surface area contributed by atoms with E-state index in [1.165, 1.54) is 0 Å². The van der Waals surface area contributed by atoms with E-state index in [0.29, 0.717) is 19.0 Å². The molecule has 100 valence electrons. The third-order valence-electron chi connectivity index (χ3n) is 2.49. The van der Waals surface area contributed by atoms with Gasteiger partial charge < -0.3 is 24.0 Å². The standard InChI is InChI=1S/C10H15N3O5/c1-13-2-3-17-7(4-13)10-11-8(18-12-10)5-16-6-9(14)15/h7H,2-6H2,1H3,(H,14,15). The second-order valence-corrected chi connectivity index (χ2v) is 4.05. The summed E-state index contributed by atoms with van der Waals surface area (Å²) in [5, 5.41) is 12.2. The Bertz CT molecular complexity index is 408. The van der Waals surface area contributed by atoms with Crippen molar-refractivity contribution in [3.8, 4) is 0 Å². The molecule has 1 unspecified atom stereocenters. The number of carboxylic acids is 1. The first-order chi connectivity index (χ1) is 8.65. The number of hydrogen-bond donors (Lipinski definition) is 1. The fourth-order valence-corrected chi connectivity index (χ4v) is 1.62. The lowest BCUT2D eigenvalue weighted by molar-refractivity contribution is -0.142. The van der Waals surface area contributed by atoms with E-state index in [1.54, 1.807) is 0 Å². The molecule has 1 aliphatic heterocycles. The van der Waals surface area contributed by atoms with Crippen LogP contribution < -0.4 is 0 Å². The summed E-state index contributed by atoms with van der Waals surface area (Å²) in [7, 11) is 1.99. The minimum Gasteiger partial charge on any atom is -0.480 e. The highest BCUT2D eigenvalue weighted by molar-refractivity contribution is 5.67. The Balaban J connectivity index is 1.87. The number of aromatic nitrogens is 2. The van der Waals surface area contributed by atoms with E-state index in [9.17, 15) is 4.79 Å². The van der Waals surface area contributed by atoms with Crippen molar-refractivity contribution in [2.75, 3.05) is 33.4 Å². The average molecular weight is 257 g/mol. The van der Waals surface area contributed by atoms with Gasteiger partial charge in [0, 0.05) is 13.1 Å². The van der Waals surface area contributed by atoms with Crippen LogP contribution in [0.2, 0.25) is 0 Å². The van der Waals surface area contributed by atoms with Crippen LogP contribution in [0.4, 0.5) is 0 Å². The first-order valence-electron chi connectivity index (χ1n) is 5.57. The molecule has 1 aromatic heterocycles. The quantitative estimate of drug-likeness (QED) is 0.766. The van der Waals surface area contributed by atoms with Crippen LogP contribution >= 0.6 is 0 Å². The first kappa shape index (κ1) is 12.9. The summed E-state index contributed by atoms with van der Waals surface area (Å²) in [4.78, 5) is 16.5. The zero-order valence-corrected chi connectivity index (χ0v) is 10.0. The van der Waals surface area contributed by atoms with Crippen molar-refractivity contribution in [2.45, 2.75) is 12.7 Å². The van der Waals surface area contributed by atoms with Gasteiger partial charge in [0.25, 0.3) is 5.89 Å². The number of carbonyl (C=O) groups is 1. The Hall–Kier alpha value is -1.51. The summed E-state index contributed by atoms with van der Waals surface area (Å²) in [5.41, 5.74) is 0. The van der Waals surface area contributed by atoms with Gasteiger partial charge in [0.05, 0.1) is 6.61 Å². The smallest absolute Gasteiger partial charge is 0.329 e. The zero-order valence-electron chi connectivity index (χ0n) is 10.0. The van der Waals surface area contributed by atoms with E-state index in [1.807, 2.05) is 7.05 Å². The molecule has 1 saturated heterocycles. The van der Waals surface area contributed by atoms with Crippen molar-refractivity contribution in [1.82, 2.24) is 15.0 Å². The maximum atomic E-state index is 10.3. The molecule has 0 amide bonds. The molecule has 0 aromatic carbocycles. The SMILES string of the molecule is CN1CCOC(c2noc(COCC(=O)O)n2)C1. The number of carboxylic acid groups (broad SMARTS) is 1. The number of hydrogen-bond acceptors (Lipinski definition) is 7. The molecule has 18 heavy (non-hydrogen) atoms. The molecular weight excluding hydrogens is 242 g/mol. The lowest BCUT2D eigenvalue weighted by Gasteiger charge is -2.27. The van der Waals surface area contributed by atoms with E-state index in [4.69, 9.17) is 19.1 Å². The molecule has 0 bridgehead atoms. The molecule has 1 atom stereocenters. The second-order valence-electron chi connectivity index (χ2n) is 4.05. The van der Waals surface area contributed by atoms with Gasteiger partial charge in [-0.25, -0.2) is 4.79 Å². The molecule has 0 spiro atoms. The van der Waals surface area contributed by atoms with Gasteiger partial charge in [-0.15, -0.1) is 0 Å². The van der Waals surface area contributed by atoms with E-state index in [2.05, 4.69) is 15.0 Å². The maximum Gasteiger partial charge on any atom is 0.329 e. The Kier molecular flexibility index (Phi) is 4.24. The highest BCUT2D eigenvalue weighted by atomic mass is 16.5. The Morgan fingerprint density at radius 1 is 1.67 bits per heavy atom. The highest BCUT2D eigenvalue weighted by Crippen LogP contribution is 2.18. The van der Waals surface area contributed by atoms with Gasteiger partial charge in [0.15, 0.2) is 0 Å². The monoisotopic (exact) mass is 257 g/mol. The third-order valence-corrected chi connectivity index (χ3v) is 2.49. The molecule has 1 aliphatic rings. The van der Waals surface area contributed by atoms with Crippen molar-refractivity contribution in [2.24, 2.45) is 0 Å². The van der Waals surface area contributed by atoms with Crippen LogP contribution in [0.25, 0.3) is 0 Å². The lowest BCUT2D eigenvalue weighted by Crippen LogP contribution is -2.35. The van der Waals surface area contributed by atoms with Gasteiger partial charge in [0.2, 0.25) is 5.82 Å². The number of ether oxygens (including phenoxy) is 2. The van der Waals surface area contributed by atoms with Gasteiger partial charge in [0.1, 0.15) is 19.3 Å². The van der Waals surface area contributed by atoms with Gasteiger partial charge in [-0.3, -0.25) is 0 Å². The van der Waals surface area contributed by atoms with Gasteiger partial charge in [-0.2, -0.15) is 4.98 Å². The normalized spacial score (nSPS) is 21.1. The Labute approximate surface area is 103 Å². The molecular formula is C10H15N3O5. The summed E-state index contributed by atoms with van der Waals surface area (Å²) in [5.74, 6) is -0.314. The number of morpholine rings is 1. The lowest BCUT2D eigenvalue weighted by atomic mass is 10.3. The van der Waals surface area contributed by atoms with Crippen molar-refractivity contribution in [3.05, 3.63) is 11.7 Å². The fourth-order valence-electron chi connectivity index (χ4n) is 1.62. The van der Waals surface area contributed by atoms with Crippen molar-refractivity contribution < 1.29 is 23.9 Å². The molecule has 8 nitrogen and oxygen atoms in total. The molecule has 8 heteroatoms. The molecule has 0 aliphatic carbocycles. The largest absolute Gasteiger partial charge is 0.480 e. The van der Waals surface area contributed by atoms with Gasteiger partial charge in [-0.1, -0.05) is 5.16 Å². The number of nitrogens with zero attached hydrogens (tertiary/aromatic N) is 3. The van der Waals surface area contributed by atoms with Crippen molar-refractivity contribution >= 4 is 5.97 Å². The fraction of sp³-hybridized carbons (Fsp3) is 0.700. The predicted octanol–water partition coefficient (Wildman–Crippen LogP) is -0.326. The minimum atomic E-state index is -1.04. The van der Waals surface area contributed by atoms with Crippen molar-refractivity contribution in [1.29, 1.82) is 0 Å². The first-order valence-corrected chi connectivity index (χ1v) is 5.57. The number of likely N-dealkylation sites (N-methyl/N-ethyl adjacent to an activating group) is 1. The van der Waals surface area contributed by atoms with Crippen LogP contribution in [-0.4, -0.2) is 59.5 Å². The predicted molar refractivity (Wildman–Crippen MR) is 57.8 cm³/mol. The van der Waals surface area contributed by atoms with E-state index < -0.39 is 5.97 Å². The molecule has 1 N–H and O–H groups in total. The summed E-state index contributed by atoms with van der Waals surface area (Å²) in [6.07, 6.45) is -0.208. The molecule has 1 fully saturated rings. The Morgan fingerprint density at radius 3 is 3.22 bits per heavy atom. The topological polar surface area (TPSA) is 97.9 Å². The number of rotatable bonds is 5. The van der Waals surface area contributed by atoms with E-state index in [-0.39, 0.29) is 25.2 Å². The molecule has 2 heterocycles. The van der Waals surface area contributed by atoms with Crippen LogP contribution in [0.3, 0.4) is 0 Å². The Morgan fingerprint density at radius 2 is 2.50 bits per heavy atom. The molecule has 0 radical (unpaired) electrons. The van der Waals surface area contributed by atoms with Gasteiger partial charge >= 0.3 is 5.97 Å². The summed E-state index contributed by atoms with van der Waals surface area (Å²) < 4.78 is 15.3. The molecule has 1 aromatic rings. The molecule has 2 rings (SSSR count). The second kappa shape index (κ2) is 5.89. The average Bonchev–Trinajstić information content (AvgIpc) is 2.77. The van der Waals surface area contributed by atoms with Crippen LogP contribution in [0, 0.1) is 0 Å². The summed E-state index contributed by atoms with van der Waals surface area (Å²) >= 11 is 0. The highest BCUT2D eigenvalue weighted by Gasteiger charge is 2.24. The van der Waals surface area contributed by atoms with Gasteiger partial charge in [-0.05, 0) is 7.05 Å². The maximum absolute atomic E-state index is 10.3. The van der Waals surface area contributed by atoms with Crippen LogP contribution in [-0.2, 0) is 20.9 Å².